The summed E-state index contributed by atoms with van der Waals surface area (Å²) in [5, 5.41) is 7.05. The smallest absolute Gasteiger partial charge is 0.276 e. The summed E-state index contributed by atoms with van der Waals surface area (Å²) in [5.41, 5.74) is 2.40. The van der Waals surface area contributed by atoms with Gasteiger partial charge >= 0.3 is 0 Å². The second-order valence-corrected chi connectivity index (χ2v) is 10.6. The number of alkyl halides is 1. The summed E-state index contributed by atoms with van der Waals surface area (Å²) in [4.78, 5) is 44.6. The first-order chi connectivity index (χ1) is 20.0. The molecule has 2 amide bonds. The Morgan fingerprint density at radius 2 is 1.95 bits per heavy atom. The van der Waals surface area contributed by atoms with Crippen molar-refractivity contribution in [2.24, 2.45) is 5.92 Å². The normalized spacial score (nSPS) is 15.6. The van der Waals surface area contributed by atoms with Crippen LogP contribution in [-0.2, 0) is 11.3 Å². The second-order valence-electron chi connectivity index (χ2n) is 10.1. The molecule has 14 heteroatoms. The molecule has 2 unspecified atom stereocenters. The lowest BCUT2D eigenvalue weighted by atomic mass is 10.1. The van der Waals surface area contributed by atoms with Gasteiger partial charge in [0, 0.05) is 36.1 Å². The Bertz CT molecular complexity index is 1680. The van der Waals surface area contributed by atoms with Crippen LogP contribution in [0.3, 0.4) is 0 Å². The van der Waals surface area contributed by atoms with Crippen LogP contribution in [0.25, 0.3) is 11.3 Å². The van der Waals surface area contributed by atoms with E-state index in [0.717, 1.165) is 12.0 Å². The Morgan fingerprint density at radius 3 is 2.64 bits per heavy atom. The van der Waals surface area contributed by atoms with E-state index in [9.17, 15) is 14.0 Å². The summed E-state index contributed by atoms with van der Waals surface area (Å²) in [6.07, 6.45) is 5.09. The molecule has 11 nitrogen and oxygen atoms in total. The van der Waals surface area contributed by atoms with Crippen molar-refractivity contribution in [3.8, 4) is 17.0 Å². The molecular weight excluding hydrogens is 565 g/mol. The Labute approximate surface area is 243 Å². The Morgan fingerprint density at radius 1 is 1.17 bits per heavy atom. The minimum atomic E-state index is -1.77. The number of aromatic nitrogens is 6. The fourth-order valence-electron chi connectivity index (χ4n) is 4.57. The quantitative estimate of drug-likeness (QED) is 0.298. The number of anilines is 2. The zero-order chi connectivity index (χ0) is 30.1. The van der Waals surface area contributed by atoms with Gasteiger partial charge in [0.2, 0.25) is 18.0 Å². The highest BCUT2D eigenvalue weighted by molar-refractivity contribution is 7.16. The van der Waals surface area contributed by atoms with Crippen LogP contribution in [0.15, 0.2) is 36.9 Å². The zero-order valence-electron chi connectivity index (χ0n) is 23.4. The number of nitrogens with one attached hydrogen (secondary N) is 1. The van der Waals surface area contributed by atoms with E-state index >= 15 is 4.39 Å². The molecule has 0 spiro atoms. The number of carbonyl (C=O) groups excluding carboxylic acids is 2. The zero-order valence-corrected chi connectivity index (χ0v) is 24.6. The summed E-state index contributed by atoms with van der Waals surface area (Å²) in [7, 11) is 1.84. The number of carbonyl (C=O) groups is 2. The molecule has 3 aromatic heterocycles. The summed E-state index contributed by atoms with van der Waals surface area (Å²) < 4.78 is 35.4. The van der Waals surface area contributed by atoms with E-state index < -0.39 is 17.8 Å². The monoisotopic (exact) mass is 594 g/mol. The highest BCUT2D eigenvalue weighted by Crippen LogP contribution is 2.35. The predicted molar refractivity (Wildman–Crippen MR) is 154 cm³/mol. The summed E-state index contributed by atoms with van der Waals surface area (Å²) in [6.45, 7) is 7.82. The largest absolute Gasteiger partial charge is 0.457 e. The fourth-order valence-corrected chi connectivity index (χ4v) is 4.72. The molecule has 3 atom stereocenters. The molecule has 1 aliphatic rings. The molecule has 5 rings (SSSR count). The number of aryl methyl sites for hydroxylation is 3. The number of hydrogen-bond donors (Lipinski definition) is 1. The van der Waals surface area contributed by atoms with Crippen molar-refractivity contribution in [3.63, 3.8) is 0 Å². The third-order valence-corrected chi connectivity index (χ3v) is 7.11. The van der Waals surface area contributed by atoms with Crippen molar-refractivity contribution in [3.05, 3.63) is 70.9 Å². The molecule has 0 aliphatic carbocycles. The standard InChI is InChI=1S/C28H29F2N8O3P/c1-14-5-6-21(41-27(30)42)22(23(14)29)20-11-31-17(4)24(36-20)25(39)35-19-10-33-37(13-19)12-18-9-32-28(34-16(18)3)38-8-7-15(2)26(38)40/h5-6,9-11,13,15,27H,7-8,12,42H2,1-4H3,(H,35,39)/t15-,27?/m1/s1. The Kier molecular flexibility index (Phi) is 8.22. The molecule has 42 heavy (non-hydrogen) atoms. The van der Waals surface area contributed by atoms with Gasteiger partial charge in [0.05, 0.1) is 41.6 Å². The molecule has 1 saturated heterocycles. The van der Waals surface area contributed by atoms with Gasteiger partial charge in [-0.25, -0.2) is 19.3 Å². The van der Waals surface area contributed by atoms with Gasteiger partial charge in [-0.05, 0) is 38.8 Å². The number of rotatable bonds is 8. The average Bonchev–Trinajstić information content (AvgIpc) is 3.53. The van der Waals surface area contributed by atoms with Gasteiger partial charge in [-0.3, -0.25) is 24.2 Å². The molecule has 1 N–H and O–H groups in total. The van der Waals surface area contributed by atoms with Crippen LogP contribution in [0.2, 0.25) is 0 Å². The second kappa shape index (κ2) is 11.8. The lowest BCUT2D eigenvalue weighted by molar-refractivity contribution is -0.119. The van der Waals surface area contributed by atoms with Crippen molar-refractivity contribution >= 4 is 32.7 Å². The third-order valence-electron chi connectivity index (χ3n) is 6.97. The highest BCUT2D eigenvalue weighted by Gasteiger charge is 2.31. The first kappa shape index (κ1) is 29.1. The maximum absolute atomic E-state index is 15.1. The summed E-state index contributed by atoms with van der Waals surface area (Å²) in [6, 6.07) is 2.90. The molecule has 0 bridgehead atoms. The van der Waals surface area contributed by atoms with Crippen molar-refractivity contribution in [2.75, 3.05) is 16.8 Å². The maximum Gasteiger partial charge on any atom is 0.276 e. The van der Waals surface area contributed by atoms with Gasteiger partial charge in [-0.2, -0.15) is 9.49 Å². The molecule has 0 radical (unpaired) electrons. The number of nitrogens with zero attached hydrogens (tertiary/aromatic N) is 7. The number of amides is 2. The molecule has 4 heterocycles. The van der Waals surface area contributed by atoms with E-state index in [-0.39, 0.29) is 34.5 Å². The molecule has 1 aromatic carbocycles. The van der Waals surface area contributed by atoms with Crippen LogP contribution in [-0.4, -0.2) is 54.2 Å². The molecule has 0 saturated carbocycles. The van der Waals surface area contributed by atoms with Crippen LogP contribution in [0, 0.1) is 32.5 Å². The van der Waals surface area contributed by atoms with Gasteiger partial charge in [-0.15, -0.1) is 0 Å². The number of halogens is 2. The first-order valence-corrected chi connectivity index (χ1v) is 13.9. The average molecular weight is 595 g/mol. The van der Waals surface area contributed by atoms with Gasteiger partial charge in [0.15, 0.2) is 0 Å². The van der Waals surface area contributed by atoms with Crippen LogP contribution >= 0.6 is 9.24 Å². The SMILES string of the molecule is Cc1ccc(OC(F)P)c(-c2cnc(C)c(C(=O)Nc3cnn(Cc4cnc(N5CC[C@@H](C)C5=O)nc4C)c3)n2)c1F. The van der Waals surface area contributed by atoms with Crippen LogP contribution in [0.5, 0.6) is 5.75 Å². The van der Waals surface area contributed by atoms with E-state index in [1.807, 2.05) is 23.1 Å². The molecule has 1 fully saturated rings. The van der Waals surface area contributed by atoms with Gasteiger partial charge in [-0.1, -0.05) is 22.2 Å². The van der Waals surface area contributed by atoms with Crippen LogP contribution < -0.4 is 15.0 Å². The minimum Gasteiger partial charge on any atom is -0.457 e. The lowest BCUT2D eigenvalue weighted by Gasteiger charge is -2.15. The van der Waals surface area contributed by atoms with Gasteiger partial charge in [0.25, 0.3) is 5.91 Å². The first-order valence-electron chi connectivity index (χ1n) is 13.2. The highest BCUT2D eigenvalue weighted by atomic mass is 31.0. The van der Waals surface area contributed by atoms with Crippen molar-refractivity contribution in [1.29, 1.82) is 0 Å². The van der Waals surface area contributed by atoms with E-state index in [1.54, 1.807) is 35.8 Å². The number of ether oxygens (including phenoxy) is 1. The molecule has 4 aromatic rings. The molecule has 218 valence electrons. The number of hydrogen-bond acceptors (Lipinski definition) is 8. The van der Waals surface area contributed by atoms with Gasteiger partial charge < -0.3 is 10.1 Å². The van der Waals surface area contributed by atoms with Crippen LogP contribution in [0.4, 0.5) is 20.4 Å². The number of benzene rings is 1. The third kappa shape index (κ3) is 5.96. The van der Waals surface area contributed by atoms with Crippen molar-refractivity contribution in [1.82, 2.24) is 29.7 Å². The van der Waals surface area contributed by atoms with E-state index in [1.165, 1.54) is 24.5 Å². The lowest BCUT2D eigenvalue weighted by Crippen LogP contribution is -2.28. The summed E-state index contributed by atoms with van der Waals surface area (Å²) in [5.74, 6) is -0.938. The van der Waals surface area contributed by atoms with E-state index in [4.69, 9.17) is 4.74 Å². The predicted octanol–water partition coefficient (Wildman–Crippen LogP) is 4.37. The van der Waals surface area contributed by atoms with Gasteiger partial charge in [0.1, 0.15) is 17.3 Å². The molecular formula is C28H29F2N8O3P. The minimum absolute atomic E-state index is 0.0197. The van der Waals surface area contributed by atoms with Crippen molar-refractivity contribution in [2.45, 2.75) is 46.8 Å². The maximum atomic E-state index is 15.1. The Balaban J connectivity index is 1.32. The fraction of sp³-hybridized carbons (Fsp3) is 0.321. The van der Waals surface area contributed by atoms with Crippen LogP contribution in [0.1, 0.15) is 46.3 Å². The van der Waals surface area contributed by atoms with E-state index in [2.05, 4.69) is 30.4 Å². The topological polar surface area (TPSA) is 128 Å². The Hall–Kier alpha value is -4.38. The molecule has 1 aliphatic heterocycles. The van der Waals surface area contributed by atoms with E-state index in [0.29, 0.717) is 41.7 Å². The van der Waals surface area contributed by atoms with Crippen molar-refractivity contribution < 1.29 is 23.1 Å². The summed E-state index contributed by atoms with van der Waals surface area (Å²) >= 11 is 0.